The Morgan fingerprint density at radius 3 is 1.25 bits per heavy atom. The zero-order valence-electron chi connectivity index (χ0n) is 2.15. The van der Waals surface area contributed by atoms with Crippen LogP contribution in [-0.4, -0.2) is 34.9 Å². The van der Waals surface area contributed by atoms with E-state index in [9.17, 15) is 0 Å². The molecule has 0 aliphatic carbocycles. The minimum Gasteiger partial charge on any atom is -0.0388 e. The van der Waals surface area contributed by atoms with Crippen molar-refractivity contribution in [2.75, 3.05) is 0 Å². The predicted molar refractivity (Wildman–Crippen MR) is 25.6 cm³/mol. The fourth-order valence-corrected chi connectivity index (χ4v) is 0. The van der Waals surface area contributed by atoms with Gasteiger partial charge in [0, 0.05) is 43.0 Å². The minimum atomic E-state index is 0. The van der Waals surface area contributed by atoms with E-state index in [1.54, 1.807) is 0 Å². The van der Waals surface area contributed by atoms with Crippen molar-refractivity contribution >= 4 is 34.9 Å². The summed E-state index contributed by atoms with van der Waals surface area (Å²) in [4.78, 5) is 0. The Labute approximate surface area is 69.6 Å². The van der Waals surface area contributed by atoms with E-state index in [1.807, 2.05) is 0 Å². The average Bonchev–Trinajstić information content (AvgIpc) is 1.00. The molecule has 0 aliphatic rings. The summed E-state index contributed by atoms with van der Waals surface area (Å²) >= 11 is 0. The Kier molecular flexibility index (Phi) is 83.0. The Bertz CT molecular complexity index is 8.00. The number of rotatable bonds is 0. The van der Waals surface area contributed by atoms with Crippen LogP contribution in [0.1, 0.15) is 0 Å². The van der Waals surface area contributed by atoms with Crippen molar-refractivity contribution in [1.82, 2.24) is 0 Å². The van der Waals surface area contributed by atoms with E-state index in [0.717, 1.165) is 10.1 Å². The molecule has 4 heavy (non-hydrogen) atoms. The molecule has 0 fully saturated rings. The molecule has 0 amide bonds. The van der Waals surface area contributed by atoms with Crippen molar-refractivity contribution in [3.63, 3.8) is 0 Å². The molecular weight excluding hydrogens is 205 g/mol. The predicted octanol–water partition coefficient (Wildman–Crippen LogP) is -2.75. The first kappa shape index (κ1) is 16.7. The third kappa shape index (κ3) is 8.99. The third-order valence-corrected chi connectivity index (χ3v) is 0. The van der Waals surface area contributed by atoms with Crippen molar-refractivity contribution in [3.05, 3.63) is 0 Å². The van der Waals surface area contributed by atoms with Crippen molar-refractivity contribution < 1.29 is 35.6 Å². The SMILES string of the molecule is [AlH3].[B][SiH3].[La]. The Balaban J connectivity index is -0.00000000500. The van der Waals surface area contributed by atoms with E-state index in [1.165, 1.54) is 0 Å². The first-order chi connectivity index (χ1) is 1.00. The van der Waals surface area contributed by atoms with Gasteiger partial charge >= 0.3 is 0 Å². The third-order valence-electron chi connectivity index (χ3n) is 0. The summed E-state index contributed by atoms with van der Waals surface area (Å²) in [5.41, 5.74) is 0. The van der Waals surface area contributed by atoms with Crippen molar-refractivity contribution in [1.29, 1.82) is 0 Å². The van der Waals surface area contributed by atoms with Gasteiger partial charge in [-0.1, -0.05) is 0 Å². The van der Waals surface area contributed by atoms with Gasteiger partial charge in [0.15, 0.2) is 17.4 Å². The van der Waals surface area contributed by atoms with Crippen molar-refractivity contribution in [3.8, 4) is 0 Å². The minimum absolute atomic E-state index is 0. The van der Waals surface area contributed by atoms with Gasteiger partial charge in [0.25, 0.3) is 0 Å². The summed E-state index contributed by atoms with van der Waals surface area (Å²) in [6.45, 7) is 0. The average molecular weight is 211 g/mol. The monoisotopic (exact) mass is 211 g/mol. The van der Waals surface area contributed by atoms with Gasteiger partial charge in [-0.2, -0.15) is 0 Å². The maximum absolute atomic E-state index is 4.64. The number of hydrogen-bond donors (Lipinski definition) is 0. The Morgan fingerprint density at radius 1 is 1.25 bits per heavy atom. The molecule has 0 saturated heterocycles. The van der Waals surface area contributed by atoms with E-state index in [-0.39, 0.29) is 53.0 Å². The van der Waals surface area contributed by atoms with E-state index < -0.39 is 0 Å². The molecule has 0 aromatic rings. The van der Waals surface area contributed by atoms with Gasteiger partial charge in [0.2, 0.25) is 0 Å². The first-order valence-electron chi connectivity index (χ1n) is 0.577. The van der Waals surface area contributed by atoms with Gasteiger partial charge in [0.1, 0.15) is 0 Å². The van der Waals surface area contributed by atoms with Gasteiger partial charge in [0.05, 0.1) is 0 Å². The van der Waals surface area contributed by atoms with Crippen LogP contribution in [0.25, 0.3) is 0 Å². The fourth-order valence-electron chi connectivity index (χ4n) is 0. The van der Waals surface area contributed by atoms with Crippen LogP contribution in [0.15, 0.2) is 0 Å². The van der Waals surface area contributed by atoms with Gasteiger partial charge in [-0.3, -0.25) is 0 Å². The maximum atomic E-state index is 4.64. The summed E-state index contributed by atoms with van der Waals surface area (Å²) in [6.07, 6.45) is 0. The molecule has 0 saturated carbocycles. The molecule has 0 aromatic carbocycles. The molecule has 3 radical (unpaired) electrons. The molecule has 0 heterocycles. The number of hydrogen-bond acceptors (Lipinski definition) is 0. The van der Waals surface area contributed by atoms with Crippen molar-refractivity contribution in [2.24, 2.45) is 0 Å². The molecule has 0 atom stereocenters. The van der Waals surface area contributed by atoms with Crippen molar-refractivity contribution in [2.45, 2.75) is 0 Å². The van der Waals surface area contributed by atoms with Crippen LogP contribution in [-0.2, 0) is 0 Å². The second-order valence-electron chi connectivity index (χ2n) is 0. The van der Waals surface area contributed by atoms with Crippen LogP contribution in [0.3, 0.4) is 0 Å². The molecule has 0 spiro atoms. The quantitative estimate of drug-likeness (QED) is 0.381. The summed E-state index contributed by atoms with van der Waals surface area (Å²) in [6, 6.07) is 0. The standard InChI is InChI=1S/Al.BH3Si.La.3H/c;1-2;;;;/h;2H3;;;;. The molecule has 0 aromatic heterocycles. The van der Waals surface area contributed by atoms with E-state index in [0.29, 0.717) is 0 Å². The second-order valence-corrected chi connectivity index (χ2v) is 0. The Hall–Kier alpha value is 2.01. The fraction of sp³-hybridized carbons (Fsp3) is 0. The first-order valence-corrected chi connectivity index (χ1v) is 1.73. The maximum Gasteiger partial charge on any atom is 0.187 e. The van der Waals surface area contributed by atoms with Crippen LogP contribution in [0.4, 0.5) is 0 Å². The summed E-state index contributed by atoms with van der Waals surface area (Å²) in [5.74, 6) is 0. The van der Waals surface area contributed by atoms with E-state index >= 15 is 0 Å². The summed E-state index contributed by atoms with van der Waals surface area (Å²) in [5, 5.41) is 0. The molecule has 19 valence electrons. The zero-order valence-corrected chi connectivity index (χ0v) is 7.78. The van der Waals surface area contributed by atoms with Gasteiger partial charge in [-0.25, -0.2) is 0 Å². The molecule has 0 N–H and O–H groups in total. The Morgan fingerprint density at radius 2 is 1.25 bits per heavy atom. The summed E-state index contributed by atoms with van der Waals surface area (Å²) < 4.78 is 0. The molecule has 4 heteroatoms. The molecule has 0 rings (SSSR count). The zero-order chi connectivity index (χ0) is 2.00. The molecule has 0 unspecified atom stereocenters. The molecule has 0 aliphatic heterocycles. The molecule has 0 nitrogen and oxygen atoms in total. The van der Waals surface area contributed by atoms with Crippen LogP contribution in [0.5, 0.6) is 0 Å². The smallest absolute Gasteiger partial charge is 0.0388 e. The molecule has 0 bridgehead atoms. The van der Waals surface area contributed by atoms with Crippen LogP contribution < -0.4 is 0 Å². The van der Waals surface area contributed by atoms with Crippen LogP contribution in [0.2, 0.25) is 0 Å². The van der Waals surface area contributed by atoms with E-state index in [4.69, 9.17) is 0 Å². The largest absolute Gasteiger partial charge is 0.187 e. The molecular formula is H6AlBLaSi. The van der Waals surface area contributed by atoms with Crippen LogP contribution >= 0.6 is 0 Å². The van der Waals surface area contributed by atoms with Gasteiger partial charge in [-0.05, 0) is 10.1 Å². The van der Waals surface area contributed by atoms with Gasteiger partial charge < -0.3 is 0 Å². The topological polar surface area (TPSA) is 0 Å². The second kappa shape index (κ2) is 19.9. The summed E-state index contributed by atoms with van der Waals surface area (Å²) in [7, 11) is 5.44. The normalized spacial score (nSPS) is 2.00. The van der Waals surface area contributed by atoms with E-state index in [2.05, 4.69) is 7.44 Å². The van der Waals surface area contributed by atoms with Gasteiger partial charge in [-0.15, -0.1) is 0 Å². The van der Waals surface area contributed by atoms with Crippen LogP contribution in [0, 0.1) is 35.6 Å².